The minimum atomic E-state index is -0.548. The molecule has 0 radical (unpaired) electrons. The molecule has 3 N–H and O–H groups in total. The number of anilines is 1. The number of nitrogens with two attached hydrogens (primary N) is 1. The summed E-state index contributed by atoms with van der Waals surface area (Å²) in [6, 6.07) is 11.3. The summed E-state index contributed by atoms with van der Waals surface area (Å²) >= 11 is 9.20. The van der Waals surface area contributed by atoms with Gasteiger partial charge in [0.2, 0.25) is 5.91 Å². The molecule has 2 aromatic carbocycles. The first-order chi connectivity index (χ1) is 9.47. The van der Waals surface area contributed by atoms with Crippen molar-refractivity contribution in [1.82, 2.24) is 0 Å². The van der Waals surface area contributed by atoms with Gasteiger partial charge in [0.15, 0.2) is 0 Å². The highest BCUT2D eigenvalue weighted by Crippen LogP contribution is 2.23. The minimum absolute atomic E-state index is 0.318. The molecular formula is C14H10BrClN2O2. The first kappa shape index (κ1) is 14.6. The molecule has 0 saturated heterocycles. The predicted octanol–water partition coefficient (Wildman–Crippen LogP) is 3.45. The number of rotatable bonds is 3. The number of primary amides is 1. The smallest absolute Gasteiger partial charge is 0.255 e. The fourth-order valence-electron chi connectivity index (χ4n) is 1.59. The van der Waals surface area contributed by atoms with Crippen molar-refractivity contribution in [2.75, 3.05) is 5.32 Å². The fraction of sp³-hybridized carbons (Fsp3) is 0. The van der Waals surface area contributed by atoms with Gasteiger partial charge in [0, 0.05) is 21.3 Å². The highest BCUT2D eigenvalue weighted by Gasteiger charge is 2.09. The van der Waals surface area contributed by atoms with Crippen molar-refractivity contribution in [3.63, 3.8) is 0 Å². The van der Waals surface area contributed by atoms with Crippen LogP contribution >= 0.6 is 27.5 Å². The number of benzene rings is 2. The quantitative estimate of drug-likeness (QED) is 0.887. The van der Waals surface area contributed by atoms with Gasteiger partial charge in [-0.25, -0.2) is 0 Å². The summed E-state index contributed by atoms with van der Waals surface area (Å²) in [7, 11) is 0. The third kappa shape index (κ3) is 3.37. The normalized spacial score (nSPS) is 10.1. The molecule has 0 aliphatic heterocycles. The molecule has 102 valence electrons. The molecule has 0 saturated carbocycles. The maximum Gasteiger partial charge on any atom is 0.255 e. The third-order valence-corrected chi connectivity index (χ3v) is 3.82. The second kappa shape index (κ2) is 6.07. The summed E-state index contributed by atoms with van der Waals surface area (Å²) in [5.74, 6) is -0.867. The van der Waals surface area contributed by atoms with E-state index >= 15 is 0 Å². The number of hydrogen-bond donors (Lipinski definition) is 2. The Morgan fingerprint density at radius 1 is 1.10 bits per heavy atom. The van der Waals surface area contributed by atoms with Gasteiger partial charge in [0.05, 0.1) is 5.02 Å². The molecule has 2 aromatic rings. The molecule has 6 heteroatoms. The number of carbonyl (C=O) groups excluding carboxylic acids is 2. The van der Waals surface area contributed by atoms with Crippen LogP contribution in [0.3, 0.4) is 0 Å². The molecule has 0 heterocycles. The van der Waals surface area contributed by atoms with Crippen LogP contribution in [-0.2, 0) is 0 Å². The second-order valence-corrected chi connectivity index (χ2v) is 5.29. The van der Waals surface area contributed by atoms with Crippen LogP contribution in [0.15, 0.2) is 46.9 Å². The minimum Gasteiger partial charge on any atom is -0.366 e. The molecular weight excluding hydrogens is 344 g/mol. The highest BCUT2D eigenvalue weighted by molar-refractivity contribution is 9.10. The number of amides is 2. The molecule has 0 bridgehead atoms. The zero-order chi connectivity index (χ0) is 14.7. The monoisotopic (exact) mass is 352 g/mol. The Morgan fingerprint density at radius 3 is 2.50 bits per heavy atom. The van der Waals surface area contributed by atoms with Gasteiger partial charge < -0.3 is 11.1 Å². The number of halogens is 2. The van der Waals surface area contributed by atoms with E-state index in [9.17, 15) is 9.59 Å². The van der Waals surface area contributed by atoms with Gasteiger partial charge in [0.1, 0.15) is 0 Å². The summed E-state index contributed by atoms with van der Waals surface area (Å²) in [5, 5.41) is 3.13. The van der Waals surface area contributed by atoms with Crippen LogP contribution in [0.1, 0.15) is 20.7 Å². The van der Waals surface area contributed by atoms with E-state index < -0.39 is 5.91 Å². The van der Waals surface area contributed by atoms with E-state index in [2.05, 4.69) is 21.2 Å². The Kier molecular flexibility index (Phi) is 4.42. The Morgan fingerprint density at radius 2 is 1.85 bits per heavy atom. The second-order valence-electron chi connectivity index (χ2n) is 4.03. The van der Waals surface area contributed by atoms with E-state index in [0.717, 1.165) is 0 Å². The summed E-state index contributed by atoms with van der Waals surface area (Å²) in [5.41, 5.74) is 6.43. The first-order valence-electron chi connectivity index (χ1n) is 5.63. The standard InChI is InChI=1S/C14H10BrClN2O2/c15-11-5-4-9(7-12(11)16)14(20)18-10-3-1-2-8(6-10)13(17)19/h1-7H,(H2,17,19)(H,18,20). The average Bonchev–Trinajstić information content (AvgIpc) is 2.42. The fourth-order valence-corrected chi connectivity index (χ4v) is 2.02. The zero-order valence-electron chi connectivity index (χ0n) is 10.2. The molecule has 2 amide bonds. The van der Waals surface area contributed by atoms with Gasteiger partial charge in [-0.05, 0) is 52.3 Å². The lowest BCUT2D eigenvalue weighted by Gasteiger charge is -2.07. The van der Waals surface area contributed by atoms with E-state index in [0.29, 0.717) is 26.3 Å². The molecule has 2 rings (SSSR count). The van der Waals surface area contributed by atoms with Crippen LogP contribution in [0.5, 0.6) is 0 Å². The lowest BCUT2D eigenvalue weighted by atomic mass is 10.1. The van der Waals surface area contributed by atoms with Gasteiger partial charge >= 0.3 is 0 Å². The summed E-state index contributed by atoms with van der Waals surface area (Å²) < 4.78 is 0.714. The molecule has 0 aromatic heterocycles. The third-order valence-electron chi connectivity index (χ3n) is 2.59. The SMILES string of the molecule is NC(=O)c1cccc(NC(=O)c2ccc(Br)c(Cl)c2)c1. The maximum atomic E-state index is 12.1. The molecule has 0 aliphatic carbocycles. The topological polar surface area (TPSA) is 72.2 Å². The summed E-state index contributed by atoms with van der Waals surface area (Å²) in [6.45, 7) is 0. The van der Waals surface area contributed by atoms with Crippen LogP contribution < -0.4 is 11.1 Å². The lowest BCUT2D eigenvalue weighted by Crippen LogP contribution is -2.14. The van der Waals surface area contributed by atoms with E-state index in [1.165, 1.54) is 6.07 Å². The Balaban J connectivity index is 2.21. The van der Waals surface area contributed by atoms with Gasteiger partial charge in [-0.3, -0.25) is 9.59 Å². The van der Waals surface area contributed by atoms with Crippen molar-refractivity contribution in [2.45, 2.75) is 0 Å². The molecule has 4 nitrogen and oxygen atoms in total. The Hall–Kier alpha value is -1.85. The zero-order valence-corrected chi connectivity index (χ0v) is 12.5. The van der Waals surface area contributed by atoms with Gasteiger partial charge in [-0.2, -0.15) is 0 Å². The molecule has 0 aliphatic rings. The van der Waals surface area contributed by atoms with E-state index in [4.69, 9.17) is 17.3 Å². The van der Waals surface area contributed by atoms with Gasteiger partial charge in [0.25, 0.3) is 5.91 Å². The van der Waals surface area contributed by atoms with Crippen molar-refractivity contribution in [3.8, 4) is 0 Å². The predicted molar refractivity (Wildman–Crippen MR) is 82.1 cm³/mol. The van der Waals surface area contributed by atoms with Crippen LogP contribution in [0.25, 0.3) is 0 Å². The van der Waals surface area contributed by atoms with E-state index in [-0.39, 0.29) is 5.91 Å². The molecule has 0 spiro atoms. The molecule has 0 fully saturated rings. The largest absolute Gasteiger partial charge is 0.366 e. The van der Waals surface area contributed by atoms with Crippen molar-refractivity contribution in [2.24, 2.45) is 5.73 Å². The van der Waals surface area contributed by atoms with Crippen molar-refractivity contribution in [1.29, 1.82) is 0 Å². The number of hydrogen-bond acceptors (Lipinski definition) is 2. The van der Waals surface area contributed by atoms with Gasteiger partial charge in [-0.15, -0.1) is 0 Å². The van der Waals surface area contributed by atoms with Crippen molar-refractivity contribution >= 4 is 45.0 Å². The van der Waals surface area contributed by atoms with Gasteiger partial charge in [-0.1, -0.05) is 17.7 Å². The van der Waals surface area contributed by atoms with Crippen LogP contribution in [-0.4, -0.2) is 11.8 Å². The number of nitrogens with one attached hydrogen (secondary N) is 1. The van der Waals surface area contributed by atoms with Crippen LogP contribution in [0, 0.1) is 0 Å². The van der Waals surface area contributed by atoms with Crippen molar-refractivity contribution in [3.05, 3.63) is 63.1 Å². The highest BCUT2D eigenvalue weighted by atomic mass is 79.9. The van der Waals surface area contributed by atoms with E-state index in [1.807, 2.05) is 0 Å². The Labute approximate surface area is 129 Å². The summed E-state index contributed by atoms with van der Waals surface area (Å²) in [6.07, 6.45) is 0. The maximum absolute atomic E-state index is 12.1. The van der Waals surface area contributed by atoms with Crippen LogP contribution in [0.4, 0.5) is 5.69 Å². The number of carbonyl (C=O) groups is 2. The lowest BCUT2D eigenvalue weighted by molar-refractivity contribution is 0.0996. The summed E-state index contributed by atoms with van der Waals surface area (Å²) in [4.78, 5) is 23.1. The van der Waals surface area contributed by atoms with E-state index in [1.54, 1.807) is 36.4 Å². The van der Waals surface area contributed by atoms with Crippen LogP contribution in [0.2, 0.25) is 5.02 Å². The first-order valence-corrected chi connectivity index (χ1v) is 6.81. The molecule has 0 atom stereocenters. The van der Waals surface area contributed by atoms with Crippen molar-refractivity contribution < 1.29 is 9.59 Å². The molecule has 20 heavy (non-hydrogen) atoms. The molecule has 0 unspecified atom stereocenters. The Bertz CT molecular complexity index is 689. The average molecular weight is 354 g/mol.